The minimum Gasteiger partial charge on any atom is -0.507 e. The molecule has 1 aromatic rings. The summed E-state index contributed by atoms with van der Waals surface area (Å²) in [5.74, 6) is 0.867. The molecular formula is C11H15NO. The van der Waals surface area contributed by atoms with Crippen LogP contribution in [0.25, 0.3) is 0 Å². The predicted molar refractivity (Wildman–Crippen MR) is 52.9 cm³/mol. The van der Waals surface area contributed by atoms with Crippen LogP contribution in [-0.4, -0.2) is 11.7 Å². The molecule has 0 aromatic heterocycles. The molecule has 0 saturated carbocycles. The lowest BCUT2D eigenvalue weighted by Gasteiger charge is -2.10. The first-order chi connectivity index (χ1) is 6.20. The molecule has 2 heteroatoms. The van der Waals surface area contributed by atoms with E-state index in [0.717, 1.165) is 17.7 Å². The Balaban J connectivity index is 2.41. The fraction of sp³-hybridized carbons (Fsp3) is 0.455. The lowest BCUT2D eigenvalue weighted by molar-refractivity contribution is 0.457. The largest absolute Gasteiger partial charge is 0.507 e. The van der Waals surface area contributed by atoms with Crippen LogP contribution < -0.4 is 5.32 Å². The van der Waals surface area contributed by atoms with Crippen LogP contribution in [0.15, 0.2) is 18.2 Å². The van der Waals surface area contributed by atoms with E-state index < -0.39 is 0 Å². The molecule has 13 heavy (non-hydrogen) atoms. The van der Waals surface area contributed by atoms with E-state index in [1.54, 1.807) is 0 Å². The molecule has 1 heterocycles. The number of benzene rings is 1. The van der Waals surface area contributed by atoms with Crippen LogP contribution in [-0.2, 0) is 0 Å². The molecule has 70 valence electrons. The van der Waals surface area contributed by atoms with Crippen molar-refractivity contribution in [3.8, 4) is 5.75 Å². The second kappa shape index (κ2) is 3.04. The molecule has 1 aliphatic rings. The first-order valence-electron chi connectivity index (χ1n) is 4.75. The number of hydrogen-bond donors (Lipinski definition) is 2. The summed E-state index contributed by atoms with van der Waals surface area (Å²) in [4.78, 5) is 0. The maximum atomic E-state index is 9.93. The van der Waals surface area contributed by atoms with E-state index >= 15 is 0 Å². The van der Waals surface area contributed by atoms with Crippen molar-refractivity contribution in [3.63, 3.8) is 0 Å². The second-order valence-corrected chi connectivity index (χ2v) is 3.90. The Morgan fingerprint density at radius 2 is 2.15 bits per heavy atom. The van der Waals surface area contributed by atoms with E-state index in [-0.39, 0.29) is 0 Å². The fourth-order valence-corrected chi connectivity index (χ4v) is 1.61. The number of para-hydroxylation sites is 1. The molecule has 2 rings (SSSR count). The van der Waals surface area contributed by atoms with Crippen molar-refractivity contribution in [1.82, 2.24) is 5.32 Å². The number of aromatic hydroxyl groups is 1. The normalized spacial score (nSPS) is 20.7. The maximum Gasteiger partial charge on any atom is 0.123 e. The van der Waals surface area contributed by atoms with Crippen LogP contribution in [0.2, 0.25) is 0 Å². The predicted octanol–water partition coefficient (Wildman–Crippen LogP) is 2.16. The molecule has 0 spiro atoms. The average molecular weight is 177 g/mol. The highest BCUT2D eigenvalue weighted by molar-refractivity contribution is 5.45. The van der Waals surface area contributed by atoms with Crippen molar-refractivity contribution < 1.29 is 5.11 Å². The quantitative estimate of drug-likeness (QED) is 0.680. The van der Waals surface area contributed by atoms with E-state index in [0.29, 0.717) is 17.7 Å². The van der Waals surface area contributed by atoms with Crippen LogP contribution in [0.4, 0.5) is 0 Å². The highest BCUT2D eigenvalue weighted by Crippen LogP contribution is 2.35. The summed E-state index contributed by atoms with van der Waals surface area (Å²) in [6.07, 6.45) is 0. The first kappa shape index (κ1) is 8.57. The van der Waals surface area contributed by atoms with Gasteiger partial charge in [0.25, 0.3) is 0 Å². The van der Waals surface area contributed by atoms with Gasteiger partial charge in [0.15, 0.2) is 0 Å². The summed E-state index contributed by atoms with van der Waals surface area (Å²) in [5, 5.41) is 13.1. The zero-order valence-electron chi connectivity index (χ0n) is 8.04. The van der Waals surface area contributed by atoms with Gasteiger partial charge in [0.1, 0.15) is 5.75 Å². The molecule has 1 aliphatic heterocycles. The summed E-state index contributed by atoms with van der Waals surface area (Å²) in [5.41, 5.74) is 2.09. The molecule has 2 N–H and O–H groups in total. The summed E-state index contributed by atoms with van der Waals surface area (Å²) in [6.45, 7) is 5.19. The Bertz CT molecular complexity index is 296. The highest BCUT2D eigenvalue weighted by atomic mass is 16.3. The number of phenolic OH excluding ortho intramolecular Hbond substituents is 1. The molecule has 1 saturated heterocycles. The summed E-state index contributed by atoms with van der Waals surface area (Å²) >= 11 is 0. The van der Waals surface area contributed by atoms with Gasteiger partial charge in [-0.25, -0.2) is 0 Å². The van der Waals surface area contributed by atoms with E-state index in [9.17, 15) is 5.11 Å². The lowest BCUT2D eigenvalue weighted by atomic mass is 9.98. The van der Waals surface area contributed by atoms with Crippen LogP contribution in [0.5, 0.6) is 5.75 Å². The van der Waals surface area contributed by atoms with E-state index in [1.807, 2.05) is 18.2 Å². The molecule has 0 unspecified atom stereocenters. The first-order valence-corrected chi connectivity index (χ1v) is 4.75. The fourth-order valence-electron chi connectivity index (χ4n) is 1.61. The van der Waals surface area contributed by atoms with Crippen molar-refractivity contribution in [2.75, 3.05) is 6.54 Å². The van der Waals surface area contributed by atoms with Crippen molar-refractivity contribution in [1.29, 1.82) is 0 Å². The molecular weight excluding hydrogens is 162 g/mol. The van der Waals surface area contributed by atoms with Gasteiger partial charge in [-0.3, -0.25) is 0 Å². The van der Waals surface area contributed by atoms with Crippen LogP contribution in [0.3, 0.4) is 0 Å². The van der Waals surface area contributed by atoms with Crippen molar-refractivity contribution in [3.05, 3.63) is 29.3 Å². The maximum absolute atomic E-state index is 9.93. The lowest BCUT2D eigenvalue weighted by Crippen LogP contribution is -1.93. The van der Waals surface area contributed by atoms with Crippen molar-refractivity contribution >= 4 is 0 Å². The standard InChI is InChI=1S/C11H15NO/c1-7(2)8-4-3-5-9(11(8)13)10-6-12-10/h3-5,7,10,12-13H,6H2,1-2H3/t10-/m1/s1. The van der Waals surface area contributed by atoms with Crippen LogP contribution in [0.1, 0.15) is 36.9 Å². The minimum atomic E-state index is 0.388. The molecule has 0 amide bonds. The van der Waals surface area contributed by atoms with E-state index in [1.165, 1.54) is 0 Å². The van der Waals surface area contributed by atoms with Gasteiger partial charge < -0.3 is 10.4 Å². The number of hydrogen-bond acceptors (Lipinski definition) is 2. The molecule has 1 aromatic carbocycles. The molecule has 0 bridgehead atoms. The Hall–Kier alpha value is -1.02. The second-order valence-electron chi connectivity index (χ2n) is 3.90. The molecule has 0 aliphatic carbocycles. The Labute approximate surface area is 78.6 Å². The topological polar surface area (TPSA) is 42.2 Å². The summed E-state index contributed by atoms with van der Waals surface area (Å²) in [7, 11) is 0. The Morgan fingerprint density at radius 1 is 1.46 bits per heavy atom. The van der Waals surface area contributed by atoms with Gasteiger partial charge in [0.2, 0.25) is 0 Å². The van der Waals surface area contributed by atoms with Gasteiger partial charge in [-0.05, 0) is 11.5 Å². The van der Waals surface area contributed by atoms with Gasteiger partial charge >= 0.3 is 0 Å². The SMILES string of the molecule is CC(C)c1cccc([C@H]2CN2)c1O. The third-order valence-corrected chi connectivity index (χ3v) is 2.50. The highest BCUT2D eigenvalue weighted by Gasteiger charge is 2.26. The molecule has 1 fully saturated rings. The minimum absolute atomic E-state index is 0.388. The van der Waals surface area contributed by atoms with Gasteiger partial charge in [-0.15, -0.1) is 0 Å². The number of phenols is 1. The van der Waals surface area contributed by atoms with E-state index in [2.05, 4.69) is 19.2 Å². The Morgan fingerprint density at radius 3 is 2.69 bits per heavy atom. The van der Waals surface area contributed by atoms with Crippen molar-refractivity contribution in [2.45, 2.75) is 25.8 Å². The summed E-state index contributed by atoms with van der Waals surface area (Å²) < 4.78 is 0. The molecule has 1 atom stereocenters. The number of rotatable bonds is 2. The van der Waals surface area contributed by atoms with Gasteiger partial charge in [-0.2, -0.15) is 0 Å². The average Bonchev–Trinajstić information content (AvgIpc) is 2.87. The summed E-state index contributed by atoms with van der Waals surface area (Å²) in [6, 6.07) is 6.39. The monoisotopic (exact) mass is 177 g/mol. The van der Waals surface area contributed by atoms with E-state index in [4.69, 9.17) is 0 Å². The van der Waals surface area contributed by atoms with Crippen LogP contribution in [0, 0.1) is 0 Å². The van der Waals surface area contributed by atoms with Gasteiger partial charge in [0.05, 0.1) is 0 Å². The van der Waals surface area contributed by atoms with Crippen molar-refractivity contribution in [2.24, 2.45) is 0 Å². The third-order valence-electron chi connectivity index (χ3n) is 2.50. The molecule has 2 nitrogen and oxygen atoms in total. The van der Waals surface area contributed by atoms with Gasteiger partial charge in [-0.1, -0.05) is 32.0 Å². The zero-order valence-corrected chi connectivity index (χ0v) is 8.04. The zero-order chi connectivity index (χ0) is 9.42. The third kappa shape index (κ3) is 1.54. The smallest absolute Gasteiger partial charge is 0.123 e. The van der Waals surface area contributed by atoms with Crippen LogP contribution >= 0.6 is 0 Å². The molecule has 0 radical (unpaired) electrons. The Kier molecular flexibility index (Phi) is 2.00. The number of nitrogens with one attached hydrogen (secondary N) is 1. The van der Waals surface area contributed by atoms with Gasteiger partial charge in [0, 0.05) is 18.2 Å².